The molecule has 0 unspecified atom stereocenters. The van der Waals surface area contributed by atoms with Crippen molar-refractivity contribution >= 4 is 11.6 Å². The highest BCUT2D eigenvalue weighted by molar-refractivity contribution is 6.30. The lowest BCUT2D eigenvalue weighted by atomic mass is 10.3. The van der Waals surface area contributed by atoms with Gasteiger partial charge in [0.15, 0.2) is 0 Å². The van der Waals surface area contributed by atoms with Gasteiger partial charge in [0.1, 0.15) is 6.07 Å². The average molecular weight is 139 g/mol. The SMILES string of the molecule is N#Cc1cncc(Cl)c1. The Labute approximate surface area is 57.7 Å². The molecule has 0 aliphatic carbocycles. The molecule has 0 fully saturated rings. The first-order valence-corrected chi connectivity index (χ1v) is 2.71. The number of hydrogen-bond acceptors (Lipinski definition) is 2. The number of nitriles is 1. The third kappa shape index (κ3) is 1.41. The van der Waals surface area contributed by atoms with Crippen LogP contribution in [0.4, 0.5) is 0 Å². The highest BCUT2D eigenvalue weighted by Crippen LogP contribution is 2.06. The van der Waals surface area contributed by atoms with Gasteiger partial charge in [-0.05, 0) is 6.07 Å². The maximum absolute atomic E-state index is 8.31. The second kappa shape index (κ2) is 2.47. The lowest BCUT2D eigenvalue weighted by Crippen LogP contribution is -1.75. The fraction of sp³-hybridized carbons (Fsp3) is 0. The third-order valence-corrected chi connectivity index (χ3v) is 1.04. The molecule has 2 nitrogen and oxygen atoms in total. The minimum atomic E-state index is 0.488. The van der Waals surface area contributed by atoms with Crippen LogP contribution in [0.1, 0.15) is 5.56 Å². The van der Waals surface area contributed by atoms with E-state index in [2.05, 4.69) is 4.98 Å². The monoisotopic (exact) mass is 138 g/mol. The van der Waals surface area contributed by atoms with Crippen molar-refractivity contribution in [1.29, 1.82) is 5.26 Å². The van der Waals surface area contributed by atoms with Crippen LogP contribution < -0.4 is 0 Å². The van der Waals surface area contributed by atoms with Crippen molar-refractivity contribution in [2.24, 2.45) is 0 Å². The van der Waals surface area contributed by atoms with Gasteiger partial charge in [0.25, 0.3) is 0 Å². The molecule has 0 saturated heterocycles. The average Bonchev–Trinajstić information content (AvgIpc) is 1.88. The van der Waals surface area contributed by atoms with E-state index in [1.54, 1.807) is 6.07 Å². The molecule has 0 atom stereocenters. The minimum absolute atomic E-state index is 0.488. The topological polar surface area (TPSA) is 36.7 Å². The molecule has 44 valence electrons. The molecule has 0 bridgehead atoms. The summed E-state index contributed by atoms with van der Waals surface area (Å²) in [6, 6.07) is 3.48. The van der Waals surface area contributed by atoms with E-state index in [1.807, 2.05) is 6.07 Å². The molecular formula is C6H3ClN2. The van der Waals surface area contributed by atoms with E-state index >= 15 is 0 Å². The highest BCUT2D eigenvalue weighted by Gasteiger charge is 1.89. The molecular weight excluding hydrogens is 136 g/mol. The second-order valence-corrected chi connectivity index (χ2v) is 1.94. The molecule has 1 heterocycles. The maximum atomic E-state index is 8.31. The smallest absolute Gasteiger partial charge is 0.101 e. The van der Waals surface area contributed by atoms with E-state index in [-0.39, 0.29) is 0 Å². The Kier molecular flexibility index (Phi) is 1.66. The van der Waals surface area contributed by atoms with Gasteiger partial charge in [-0.15, -0.1) is 0 Å². The molecule has 9 heavy (non-hydrogen) atoms. The molecule has 0 spiro atoms. The van der Waals surface area contributed by atoms with Gasteiger partial charge in [-0.2, -0.15) is 5.26 Å². The lowest BCUT2D eigenvalue weighted by molar-refractivity contribution is 1.30. The fourth-order valence-corrected chi connectivity index (χ4v) is 0.647. The Morgan fingerprint density at radius 1 is 1.56 bits per heavy atom. The molecule has 1 rings (SSSR count). The highest BCUT2D eigenvalue weighted by atomic mass is 35.5. The van der Waals surface area contributed by atoms with Crippen molar-refractivity contribution in [3.63, 3.8) is 0 Å². The summed E-state index contributed by atoms with van der Waals surface area (Å²) in [7, 11) is 0. The van der Waals surface area contributed by atoms with Gasteiger partial charge >= 0.3 is 0 Å². The summed E-state index contributed by atoms with van der Waals surface area (Å²) in [5, 5.41) is 8.81. The van der Waals surface area contributed by atoms with Gasteiger partial charge in [0.05, 0.1) is 10.6 Å². The first-order chi connectivity index (χ1) is 4.33. The zero-order valence-corrected chi connectivity index (χ0v) is 5.26. The van der Waals surface area contributed by atoms with Crippen LogP contribution in [0, 0.1) is 11.3 Å². The standard InChI is InChI=1S/C6H3ClN2/c7-6-1-5(2-8)3-9-4-6/h1,3-4H. The van der Waals surface area contributed by atoms with Crippen molar-refractivity contribution in [3.8, 4) is 6.07 Å². The van der Waals surface area contributed by atoms with Gasteiger partial charge in [0, 0.05) is 12.4 Å². The van der Waals surface area contributed by atoms with Crippen molar-refractivity contribution in [1.82, 2.24) is 4.98 Å². The number of pyridine rings is 1. The fourth-order valence-electron chi connectivity index (χ4n) is 0.473. The summed E-state index contributed by atoms with van der Waals surface area (Å²) in [5.41, 5.74) is 0.488. The quantitative estimate of drug-likeness (QED) is 0.546. The van der Waals surface area contributed by atoms with Gasteiger partial charge < -0.3 is 0 Å². The maximum Gasteiger partial charge on any atom is 0.101 e. The lowest BCUT2D eigenvalue weighted by Gasteiger charge is -1.85. The number of hydrogen-bond donors (Lipinski definition) is 0. The summed E-state index contributed by atoms with van der Waals surface area (Å²) >= 11 is 5.51. The molecule has 3 heteroatoms. The van der Waals surface area contributed by atoms with E-state index in [0.29, 0.717) is 10.6 Å². The molecule has 0 aliphatic heterocycles. The van der Waals surface area contributed by atoms with Crippen LogP contribution in [0.3, 0.4) is 0 Å². The molecule has 0 aromatic carbocycles. The first-order valence-electron chi connectivity index (χ1n) is 2.33. The summed E-state index contributed by atoms with van der Waals surface area (Å²) < 4.78 is 0. The van der Waals surface area contributed by atoms with Crippen LogP contribution in [0.2, 0.25) is 5.02 Å². The van der Waals surface area contributed by atoms with E-state index < -0.39 is 0 Å². The van der Waals surface area contributed by atoms with E-state index in [0.717, 1.165) is 0 Å². The van der Waals surface area contributed by atoms with Crippen LogP contribution in [0.5, 0.6) is 0 Å². The van der Waals surface area contributed by atoms with Crippen molar-refractivity contribution in [2.45, 2.75) is 0 Å². The predicted octanol–water partition coefficient (Wildman–Crippen LogP) is 1.61. The van der Waals surface area contributed by atoms with Gasteiger partial charge in [-0.3, -0.25) is 4.98 Å². The molecule has 0 radical (unpaired) electrons. The van der Waals surface area contributed by atoms with E-state index in [9.17, 15) is 0 Å². The van der Waals surface area contributed by atoms with Crippen LogP contribution in [0.15, 0.2) is 18.5 Å². The Bertz CT molecular complexity index is 251. The van der Waals surface area contributed by atoms with Crippen LogP contribution >= 0.6 is 11.6 Å². The summed E-state index contributed by atoms with van der Waals surface area (Å²) in [6.07, 6.45) is 2.95. The van der Waals surface area contributed by atoms with Crippen LogP contribution in [0.25, 0.3) is 0 Å². The van der Waals surface area contributed by atoms with E-state index in [4.69, 9.17) is 16.9 Å². The number of rotatable bonds is 0. The third-order valence-electron chi connectivity index (χ3n) is 0.834. The molecule has 0 amide bonds. The number of halogens is 1. The van der Waals surface area contributed by atoms with Crippen LogP contribution in [-0.4, -0.2) is 4.98 Å². The minimum Gasteiger partial charge on any atom is -0.262 e. The van der Waals surface area contributed by atoms with Gasteiger partial charge in [-0.25, -0.2) is 0 Å². The summed E-state index contributed by atoms with van der Waals surface area (Å²) in [6.45, 7) is 0. The normalized spacial score (nSPS) is 8.44. The predicted molar refractivity (Wildman–Crippen MR) is 34.0 cm³/mol. The molecule has 0 saturated carbocycles. The van der Waals surface area contributed by atoms with Crippen molar-refractivity contribution in [3.05, 3.63) is 29.0 Å². The Hall–Kier alpha value is -1.07. The zero-order valence-electron chi connectivity index (χ0n) is 4.50. The number of aromatic nitrogens is 1. The van der Waals surface area contributed by atoms with Gasteiger partial charge in [0.2, 0.25) is 0 Å². The Balaban J connectivity index is 3.12. The van der Waals surface area contributed by atoms with Crippen molar-refractivity contribution < 1.29 is 0 Å². The molecule has 0 aliphatic rings. The number of nitrogens with zero attached hydrogens (tertiary/aromatic N) is 2. The summed E-state index contributed by atoms with van der Waals surface area (Å²) in [4.78, 5) is 3.70. The second-order valence-electron chi connectivity index (χ2n) is 1.50. The molecule has 1 aromatic rings. The largest absolute Gasteiger partial charge is 0.262 e. The molecule has 1 aromatic heterocycles. The molecule has 0 N–H and O–H groups in total. The summed E-state index contributed by atoms with van der Waals surface area (Å²) in [5.74, 6) is 0. The Morgan fingerprint density at radius 2 is 2.33 bits per heavy atom. The van der Waals surface area contributed by atoms with Crippen LogP contribution in [-0.2, 0) is 0 Å². The van der Waals surface area contributed by atoms with Crippen molar-refractivity contribution in [2.75, 3.05) is 0 Å². The Morgan fingerprint density at radius 3 is 2.78 bits per heavy atom. The van der Waals surface area contributed by atoms with E-state index in [1.165, 1.54) is 12.4 Å². The first kappa shape index (κ1) is 6.06. The van der Waals surface area contributed by atoms with Gasteiger partial charge in [-0.1, -0.05) is 11.6 Å². The zero-order chi connectivity index (χ0) is 6.69.